The van der Waals surface area contributed by atoms with Gasteiger partial charge >= 0.3 is 0 Å². The summed E-state index contributed by atoms with van der Waals surface area (Å²) in [5.41, 5.74) is 1.72. The monoisotopic (exact) mass is 512 g/mol. The largest absolute Gasteiger partial charge is 0.493 e. The van der Waals surface area contributed by atoms with Crippen LogP contribution in [0.3, 0.4) is 0 Å². The number of ether oxygens (including phenoxy) is 2. The average Bonchev–Trinajstić information content (AvgIpc) is 3.27. The van der Waals surface area contributed by atoms with Crippen LogP contribution in [0.5, 0.6) is 11.5 Å². The Balaban J connectivity index is 1.74. The van der Waals surface area contributed by atoms with Crippen LogP contribution < -0.4 is 14.8 Å². The third-order valence-corrected chi connectivity index (χ3v) is 6.71. The van der Waals surface area contributed by atoms with Crippen molar-refractivity contribution in [1.29, 1.82) is 0 Å². The molecule has 2 amide bonds. The number of benzene rings is 2. The lowest BCUT2D eigenvalue weighted by Crippen LogP contribution is -2.55. The maximum absolute atomic E-state index is 13.7. The first-order valence-corrected chi connectivity index (χ1v) is 11.9. The molecule has 1 heterocycles. The van der Waals surface area contributed by atoms with Crippen LogP contribution in [0.4, 0.5) is 4.39 Å². The second-order valence-corrected chi connectivity index (χ2v) is 8.99. The molecule has 0 spiro atoms. The van der Waals surface area contributed by atoms with Gasteiger partial charge in [-0.2, -0.15) is 0 Å². The van der Waals surface area contributed by atoms with Gasteiger partial charge in [-0.3, -0.25) is 14.4 Å². The summed E-state index contributed by atoms with van der Waals surface area (Å²) >= 11 is 0. The lowest BCUT2D eigenvalue weighted by Gasteiger charge is -2.40. The Labute approximate surface area is 213 Å². The molecule has 10 heteroatoms. The van der Waals surface area contributed by atoms with Crippen molar-refractivity contribution in [2.45, 2.75) is 37.5 Å². The Morgan fingerprint density at radius 3 is 2.70 bits per heavy atom. The molecule has 0 aromatic heterocycles. The summed E-state index contributed by atoms with van der Waals surface area (Å²) in [5.74, 6) is -1.40. The summed E-state index contributed by atoms with van der Waals surface area (Å²) < 4.78 is 25.2. The molecule has 4 rings (SSSR count). The number of halogens is 1. The van der Waals surface area contributed by atoms with Crippen LogP contribution in [0.25, 0.3) is 0 Å². The molecule has 3 N–H and O–H groups in total. The molecule has 1 aliphatic carbocycles. The highest BCUT2D eigenvalue weighted by Gasteiger charge is 2.51. The van der Waals surface area contributed by atoms with Crippen molar-refractivity contribution in [1.82, 2.24) is 10.2 Å². The minimum Gasteiger partial charge on any atom is -0.493 e. The van der Waals surface area contributed by atoms with Gasteiger partial charge in [0.05, 0.1) is 25.7 Å². The number of rotatable bonds is 9. The highest BCUT2D eigenvalue weighted by Crippen LogP contribution is 2.51. The Hall–Kier alpha value is -3.76. The molecule has 4 atom stereocenters. The van der Waals surface area contributed by atoms with Gasteiger partial charge in [0.15, 0.2) is 11.5 Å². The first kappa shape index (κ1) is 26.3. The van der Waals surface area contributed by atoms with Crippen LogP contribution in [0.15, 0.2) is 48.0 Å². The molecule has 196 valence electrons. The van der Waals surface area contributed by atoms with E-state index in [1.165, 1.54) is 43.2 Å². The van der Waals surface area contributed by atoms with Gasteiger partial charge in [-0.25, -0.2) is 4.39 Å². The summed E-state index contributed by atoms with van der Waals surface area (Å²) in [5, 5.41) is 23.3. The number of carbonyl (C=O) groups is 3. The molecule has 1 aliphatic heterocycles. The third-order valence-electron chi connectivity index (χ3n) is 6.71. The van der Waals surface area contributed by atoms with E-state index in [0.29, 0.717) is 35.1 Å². The van der Waals surface area contributed by atoms with E-state index < -0.39 is 35.9 Å². The average molecular weight is 513 g/mol. The van der Waals surface area contributed by atoms with Crippen molar-refractivity contribution in [3.63, 3.8) is 0 Å². The van der Waals surface area contributed by atoms with Crippen LogP contribution in [0, 0.1) is 5.82 Å². The van der Waals surface area contributed by atoms with Crippen LogP contribution in [-0.4, -0.2) is 78.3 Å². The molecule has 0 saturated heterocycles. The fraction of sp³-hybridized carbons (Fsp3) is 0.370. The van der Waals surface area contributed by atoms with Gasteiger partial charge in [-0.05, 0) is 42.3 Å². The van der Waals surface area contributed by atoms with E-state index in [9.17, 15) is 29.0 Å². The van der Waals surface area contributed by atoms with Gasteiger partial charge in [0.1, 0.15) is 24.3 Å². The highest BCUT2D eigenvalue weighted by atomic mass is 19.1. The minimum atomic E-state index is -1.23. The molecule has 0 radical (unpaired) electrons. The molecule has 0 fully saturated rings. The number of hydrogen-bond donors (Lipinski definition) is 3. The number of hydrogen-bond acceptors (Lipinski definition) is 7. The SMILES string of the molecule is COc1cc(C=O)cc2c1O[C@@H]1[C@@H](O)[C@H](N(CCc3cccc(F)c3)C(C)=O)C=C(C(=O)NCCO)[C@H]21. The normalized spacial score (nSPS) is 21.7. The zero-order valence-corrected chi connectivity index (χ0v) is 20.5. The number of amides is 2. The first-order chi connectivity index (χ1) is 17.8. The van der Waals surface area contributed by atoms with Crippen molar-refractivity contribution in [2.75, 3.05) is 26.8 Å². The van der Waals surface area contributed by atoms with E-state index in [-0.39, 0.29) is 36.9 Å². The number of aliphatic hydroxyl groups excluding tert-OH is 2. The zero-order valence-electron chi connectivity index (χ0n) is 20.5. The van der Waals surface area contributed by atoms with Gasteiger partial charge < -0.3 is 29.9 Å². The molecule has 9 nitrogen and oxygen atoms in total. The Bertz CT molecular complexity index is 1230. The van der Waals surface area contributed by atoms with Crippen LogP contribution in [0.2, 0.25) is 0 Å². The van der Waals surface area contributed by atoms with E-state index in [2.05, 4.69) is 5.32 Å². The molecule has 2 aliphatic rings. The van der Waals surface area contributed by atoms with Crippen molar-refractivity contribution >= 4 is 18.1 Å². The number of aliphatic hydroxyl groups is 2. The lowest BCUT2D eigenvalue weighted by atomic mass is 9.77. The number of nitrogens with zero attached hydrogens (tertiary/aromatic N) is 1. The van der Waals surface area contributed by atoms with E-state index in [1.54, 1.807) is 18.2 Å². The van der Waals surface area contributed by atoms with Crippen LogP contribution >= 0.6 is 0 Å². The number of carbonyl (C=O) groups excluding carboxylic acids is 3. The second-order valence-electron chi connectivity index (χ2n) is 8.99. The number of methoxy groups -OCH3 is 1. The summed E-state index contributed by atoms with van der Waals surface area (Å²) in [7, 11) is 1.42. The molecule has 37 heavy (non-hydrogen) atoms. The standard InChI is InChI=1S/C27H29FN2O7/c1-15(33)30(8-6-16-4-3-5-18(28)10-16)21-13-20(27(35)29-7-9-31)23-19-11-17(14-32)12-22(36-2)25(19)37-26(23)24(21)34/h3-5,10-14,21,23-24,26,31,34H,6-9H2,1-2H3,(H,29,35)/t21-,23+,24+,26+/m1/s1. The van der Waals surface area contributed by atoms with Crippen LogP contribution in [0.1, 0.15) is 34.3 Å². The molecular formula is C27H29FN2O7. The predicted molar refractivity (Wildman–Crippen MR) is 131 cm³/mol. The third kappa shape index (κ3) is 5.21. The topological polar surface area (TPSA) is 125 Å². The van der Waals surface area contributed by atoms with Crippen molar-refractivity contribution in [3.05, 3.63) is 70.6 Å². The number of aldehydes is 1. The number of nitrogens with one attached hydrogen (secondary N) is 1. The van der Waals surface area contributed by atoms with Gasteiger partial charge in [0.2, 0.25) is 11.8 Å². The van der Waals surface area contributed by atoms with Gasteiger partial charge in [0.25, 0.3) is 0 Å². The maximum atomic E-state index is 13.7. The summed E-state index contributed by atoms with van der Waals surface area (Å²) in [6, 6.07) is 8.20. The van der Waals surface area contributed by atoms with Gasteiger partial charge in [-0.15, -0.1) is 0 Å². The van der Waals surface area contributed by atoms with E-state index >= 15 is 0 Å². The summed E-state index contributed by atoms with van der Waals surface area (Å²) in [6.45, 7) is 1.24. The van der Waals surface area contributed by atoms with Gasteiger partial charge in [-0.1, -0.05) is 12.1 Å². The molecule has 0 saturated carbocycles. The summed E-state index contributed by atoms with van der Waals surface area (Å²) in [6.07, 6.45) is 0.326. The van der Waals surface area contributed by atoms with Gasteiger partial charge in [0, 0.05) is 36.7 Å². The fourth-order valence-corrected chi connectivity index (χ4v) is 5.02. The molecule has 0 unspecified atom stereocenters. The Morgan fingerprint density at radius 2 is 2.05 bits per heavy atom. The molecule has 2 aromatic carbocycles. The predicted octanol–water partition coefficient (Wildman–Crippen LogP) is 1.36. The molecular weight excluding hydrogens is 483 g/mol. The van der Waals surface area contributed by atoms with E-state index in [0.717, 1.165) is 0 Å². The summed E-state index contributed by atoms with van der Waals surface area (Å²) in [4.78, 5) is 38.9. The van der Waals surface area contributed by atoms with Crippen molar-refractivity contribution in [2.24, 2.45) is 0 Å². The number of fused-ring (bicyclic) bond motifs is 3. The first-order valence-electron chi connectivity index (χ1n) is 11.9. The Kier molecular flexibility index (Phi) is 7.89. The molecule has 2 aromatic rings. The van der Waals surface area contributed by atoms with Crippen molar-refractivity contribution in [3.8, 4) is 11.5 Å². The zero-order chi connectivity index (χ0) is 26.7. The molecule has 0 bridgehead atoms. The van der Waals surface area contributed by atoms with Crippen molar-refractivity contribution < 1.29 is 38.5 Å². The smallest absolute Gasteiger partial charge is 0.247 e. The van der Waals surface area contributed by atoms with Crippen LogP contribution in [-0.2, 0) is 16.0 Å². The van der Waals surface area contributed by atoms with E-state index in [1.807, 2.05) is 0 Å². The van der Waals surface area contributed by atoms with E-state index in [4.69, 9.17) is 9.47 Å². The maximum Gasteiger partial charge on any atom is 0.247 e. The second kappa shape index (κ2) is 11.1. The highest BCUT2D eigenvalue weighted by molar-refractivity contribution is 5.96. The quantitative estimate of drug-likeness (QED) is 0.433. The fourth-order valence-electron chi connectivity index (χ4n) is 5.02. The lowest BCUT2D eigenvalue weighted by molar-refractivity contribution is -0.134. The minimum absolute atomic E-state index is 0.00217. The Morgan fingerprint density at radius 1 is 1.27 bits per heavy atom.